The van der Waals surface area contributed by atoms with Gasteiger partial charge in [-0.15, -0.1) is 4.99 Å². The summed E-state index contributed by atoms with van der Waals surface area (Å²) in [7, 11) is 0. The number of halogens is 1. The number of hydrogen-bond acceptors (Lipinski definition) is 6. The van der Waals surface area contributed by atoms with Crippen LogP contribution in [-0.2, 0) is 16.0 Å². The maximum Gasteiger partial charge on any atom is 0.410 e. The van der Waals surface area contributed by atoms with E-state index in [1.165, 1.54) is 4.90 Å². The summed E-state index contributed by atoms with van der Waals surface area (Å²) >= 11 is 6.12. The van der Waals surface area contributed by atoms with Crippen molar-refractivity contribution in [2.75, 3.05) is 32.7 Å². The van der Waals surface area contributed by atoms with Crippen molar-refractivity contribution in [3.63, 3.8) is 0 Å². The van der Waals surface area contributed by atoms with E-state index in [0.29, 0.717) is 42.9 Å². The number of aliphatic imine (C=N–C) groups is 1. The molecule has 1 unspecified atom stereocenters. The Morgan fingerprint density at radius 1 is 1.18 bits per heavy atom. The normalized spacial score (nSPS) is 18.1. The fourth-order valence-electron chi connectivity index (χ4n) is 4.44. The SMILES string of the molecule is CC(C)(C)OC(=O)N1CCN(C2CN(C(=NC#N)NCCc3ccccc3)N=C2c2ccc(Cl)cc2)C(=O)C1. The fourth-order valence-corrected chi connectivity index (χ4v) is 4.56. The van der Waals surface area contributed by atoms with Crippen LogP contribution in [0.15, 0.2) is 64.7 Å². The quantitative estimate of drug-likeness (QED) is 0.347. The molecule has 2 heterocycles. The summed E-state index contributed by atoms with van der Waals surface area (Å²) in [6.45, 7) is 6.78. The number of nitrogens with one attached hydrogen (secondary N) is 1. The Bertz CT molecular complexity index is 1280. The Balaban J connectivity index is 1.52. The van der Waals surface area contributed by atoms with Crippen LogP contribution < -0.4 is 5.32 Å². The van der Waals surface area contributed by atoms with Gasteiger partial charge in [0.25, 0.3) is 0 Å². The molecule has 0 radical (unpaired) electrons. The number of carbonyl (C=O) groups excluding carboxylic acids is 2. The average molecular weight is 550 g/mol. The van der Waals surface area contributed by atoms with E-state index in [9.17, 15) is 14.9 Å². The summed E-state index contributed by atoms with van der Waals surface area (Å²) < 4.78 is 5.45. The van der Waals surface area contributed by atoms with Gasteiger partial charge in [0.1, 0.15) is 12.1 Å². The van der Waals surface area contributed by atoms with Gasteiger partial charge in [-0.1, -0.05) is 54.1 Å². The second kappa shape index (κ2) is 12.2. The standard InChI is InChI=1S/C28H32ClN7O3/c1-28(2,3)39-27(38)34-15-16-35(24(37)18-34)23-17-36(33-25(23)21-9-11-22(29)12-10-21)26(32-19-30)31-14-13-20-7-5-4-6-8-20/h4-12,23H,13-18H2,1-3H3,(H,31,32). The van der Waals surface area contributed by atoms with Crippen molar-refractivity contribution in [1.82, 2.24) is 20.1 Å². The molecular formula is C28H32ClN7O3. The Kier molecular flexibility index (Phi) is 8.72. The van der Waals surface area contributed by atoms with Crippen molar-refractivity contribution in [1.29, 1.82) is 5.26 Å². The number of ether oxygens (including phenoxy) is 1. The number of hydrazone groups is 1. The van der Waals surface area contributed by atoms with Gasteiger partial charge in [0.05, 0.1) is 18.3 Å². The maximum atomic E-state index is 13.3. The summed E-state index contributed by atoms with van der Waals surface area (Å²) in [6, 6.07) is 16.8. The van der Waals surface area contributed by atoms with E-state index in [4.69, 9.17) is 21.4 Å². The average Bonchev–Trinajstić information content (AvgIpc) is 3.33. The molecule has 39 heavy (non-hydrogen) atoms. The molecule has 11 heteroatoms. The van der Waals surface area contributed by atoms with Gasteiger partial charge in [-0.2, -0.15) is 10.4 Å². The molecule has 4 rings (SSSR count). The zero-order valence-electron chi connectivity index (χ0n) is 22.3. The van der Waals surface area contributed by atoms with Crippen LogP contribution in [0.2, 0.25) is 5.02 Å². The first kappa shape index (κ1) is 27.9. The zero-order valence-corrected chi connectivity index (χ0v) is 23.1. The Morgan fingerprint density at radius 3 is 2.54 bits per heavy atom. The van der Waals surface area contributed by atoms with Crippen molar-refractivity contribution >= 4 is 35.3 Å². The minimum Gasteiger partial charge on any atom is -0.444 e. The molecule has 1 N–H and O–H groups in total. The molecule has 0 saturated carbocycles. The molecule has 2 aromatic rings. The van der Waals surface area contributed by atoms with Gasteiger partial charge in [0.2, 0.25) is 18.1 Å². The predicted octanol–water partition coefficient (Wildman–Crippen LogP) is 3.48. The van der Waals surface area contributed by atoms with Crippen molar-refractivity contribution < 1.29 is 14.3 Å². The lowest BCUT2D eigenvalue weighted by molar-refractivity contribution is -0.137. The number of carbonyl (C=O) groups is 2. The third-order valence-electron chi connectivity index (χ3n) is 6.26. The minimum absolute atomic E-state index is 0.0895. The summed E-state index contributed by atoms with van der Waals surface area (Å²) in [5.74, 6) is 0.0960. The van der Waals surface area contributed by atoms with Crippen LogP contribution in [0.4, 0.5) is 4.79 Å². The van der Waals surface area contributed by atoms with Crippen molar-refractivity contribution in [2.24, 2.45) is 10.1 Å². The van der Waals surface area contributed by atoms with E-state index in [1.807, 2.05) is 48.7 Å². The lowest BCUT2D eigenvalue weighted by Gasteiger charge is -2.38. The van der Waals surface area contributed by atoms with Crippen LogP contribution in [-0.4, -0.2) is 82.8 Å². The van der Waals surface area contributed by atoms with Crippen LogP contribution in [0.1, 0.15) is 31.9 Å². The number of benzene rings is 2. The van der Waals surface area contributed by atoms with Crippen LogP contribution in [0.3, 0.4) is 0 Å². The van der Waals surface area contributed by atoms with Gasteiger partial charge in [-0.05, 0) is 44.9 Å². The van der Waals surface area contributed by atoms with E-state index in [1.54, 1.807) is 42.8 Å². The number of rotatable bonds is 5. The smallest absolute Gasteiger partial charge is 0.410 e. The monoisotopic (exact) mass is 549 g/mol. The number of guanidine groups is 1. The third kappa shape index (κ3) is 7.27. The molecule has 0 spiro atoms. The van der Waals surface area contributed by atoms with Crippen molar-refractivity contribution in [3.8, 4) is 6.19 Å². The molecule has 2 amide bonds. The first-order valence-electron chi connectivity index (χ1n) is 12.8. The first-order chi connectivity index (χ1) is 18.6. The third-order valence-corrected chi connectivity index (χ3v) is 6.51. The molecule has 0 bridgehead atoms. The molecule has 2 aliphatic rings. The van der Waals surface area contributed by atoms with Crippen molar-refractivity contribution in [3.05, 3.63) is 70.7 Å². The highest BCUT2D eigenvalue weighted by molar-refractivity contribution is 6.30. The van der Waals surface area contributed by atoms with Gasteiger partial charge in [0.15, 0.2) is 0 Å². The molecule has 1 atom stereocenters. The summed E-state index contributed by atoms with van der Waals surface area (Å²) in [5.41, 5.74) is 1.96. The second-order valence-corrected chi connectivity index (χ2v) is 10.7. The van der Waals surface area contributed by atoms with Gasteiger partial charge in [-0.3, -0.25) is 9.69 Å². The Labute approximate surface area is 233 Å². The highest BCUT2D eigenvalue weighted by Gasteiger charge is 2.40. The molecule has 204 valence electrons. The number of hydrogen-bond donors (Lipinski definition) is 1. The van der Waals surface area contributed by atoms with Crippen LogP contribution >= 0.6 is 11.6 Å². The molecule has 2 aliphatic heterocycles. The molecule has 0 aromatic heterocycles. The van der Waals surface area contributed by atoms with Crippen LogP contribution in [0.5, 0.6) is 0 Å². The van der Waals surface area contributed by atoms with E-state index >= 15 is 0 Å². The van der Waals surface area contributed by atoms with Gasteiger partial charge >= 0.3 is 6.09 Å². The topological polar surface area (TPSA) is 114 Å². The summed E-state index contributed by atoms with van der Waals surface area (Å²) in [4.78, 5) is 33.0. The second-order valence-electron chi connectivity index (χ2n) is 10.3. The highest BCUT2D eigenvalue weighted by atomic mass is 35.5. The fraction of sp³-hybridized carbons (Fsp3) is 0.393. The highest BCUT2D eigenvalue weighted by Crippen LogP contribution is 2.23. The maximum absolute atomic E-state index is 13.3. The van der Waals surface area contributed by atoms with E-state index in [0.717, 1.165) is 17.5 Å². The predicted molar refractivity (Wildman–Crippen MR) is 149 cm³/mol. The Morgan fingerprint density at radius 2 is 1.90 bits per heavy atom. The Hall–Kier alpha value is -4.10. The summed E-state index contributed by atoms with van der Waals surface area (Å²) in [5, 5.41) is 19.6. The van der Waals surface area contributed by atoms with Gasteiger partial charge in [-0.25, -0.2) is 9.80 Å². The van der Waals surface area contributed by atoms with Crippen LogP contribution in [0.25, 0.3) is 0 Å². The number of piperazine rings is 1. The van der Waals surface area contributed by atoms with E-state index in [-0.39, 0.29) is 12.5 Å². The number of nitriles is 1. The molecule has 0 aliphatic carbocycles. The van der Waals surface area contributed by atoms with E-state index in [2.05, 4.69) is 10.3 Å². The van der Waals surface area contributed by atoms with Gasteiger partial charge < -0.3 is 15.0 Å². The van der Waals surface area contributed by atoms with Gasteiger partial charge in [0, 0.05) is 30.2 Å². The number of nitrogens with zero attached hydrogens (tertiary/aromatic N) is 6. The minimum atomic E-state index is -0.651. The molecule has 10 nitrogen and oxygen atoms in total. The molecular weight excluding hydrogens is 518 g/mol. The molecule has 1 saturated heterocycles. The van der Waals surface area contributed by atoms with E-state index < -0.39 is 17.7 Å². The zero-order chi connectivity index (χ0) is 28.0. The lowest BCUT2D eigenvalue weighted by atomic mass is 10.0. The largest absolute Gasteiger partial charge is 0.444 e. The number of amides is 2. The summed E-state index contributed by atoms with van der Waals surface area (Å²) in [6.07, 6.45) is 2.08. The lowest BCUT2D eigenvalue weighted by Crippen LogP contribution is -2.58. The first-order valence-corrected chi connectivity index (χ1v) is 13.2. The van der Waals surface area contributed by atoms with Crippen molar-refractivity contribution in [2.45, 2.75) is 38.8 Å². The van der Waals surface area contributed by atoms with Crippen LogP contribution in [0, 0.1) is 11.5 Å². The molecule has 2 aromatic carbocycles. The molecule has 1 fully saturated rings.